The van der Waals surface area contributed by atoms with Crippen LogP contribution in [0.2, 0.25) is 0 Å². The fourth-order valence-electron chi connectivity index (χ4n) is 3.40. The van der Waals surface area contributed by atoms with Crippen LogP contribution in [0.25, 0.3) is 0 Å². The van der Waals surface area contributed by atoms with Gasteiger partial charge in [0.1, 0.15) is 11.5 Å². The van der Waals surface area contributed by atoms with Crippen molar-refractivity contribution in [2.24, 2.45) is 0 Å². The van der Waals surface area contributed by atoms with E-state index in [1.54, 1.807) is 6.20 Å². The number of carbonyl (C=O) groups is 1. The average Bonchev–Trinajstić information content (AvgIpc) is 3.15. The van der Waals surface area contributed by atoms with E-state index in [0.717, 1.165) is 29.9 Å². The molecule has 0 radical (unpaired) electrons. The molecule has 3 rings (SSSR count). The Kier molecular flexibility index (Phi) is 6.26. The summed E-state index contributed by atoms with van der Waals surface area (Å²) in [7, 11) is 0. The van der Waals surface area contributed by atoms with Gasteiger partial charge in [0.05, 0.1) is 6.54 Å². The fourth-order valence-corrected chi connectivity index (χ4v) is 3.40. The van der Waals surface area contributed by atoms with Crippen molar-refractivity contribution in [3.63, 3.8) is 0 Å². The zero-order valence-corrected chi connectivity index (χ0v) is 15.6. The summed E-state index contributed by atoms with van der Waals surface area (Å²) < 4.78 is 5.31. The molecule has 0 spiro atoms. The lowest BCUT2D eigenvalue weighted by atomic mass is 9.94. The molecule has 0 saturated heterocycles. The molecular weight excluding hydrogens is 328 g/mol. The predicted octanol–water partition coefficient (Wildman–Crippen LogP) is 4.24. The van der Waals surface area contributed by atoms with E-state index in [0.29, 0.717) is 13.1 Å². The first-order valence-electron chi connectivity index (χ1n) is 9.52. The van der Waals surface area contributed by atoms with Crippen LogP contribution in [0.5, 0.6) is 0 Å². The van der Waals surface area contributed by atoms with E-state index in [4.69, 9.17) is 4.52 Å². The highest BCUT2D eigenvalue weighted by molar-refractivity contribution is 5.74. The molecule has 26 heavy (non-hydrogen) atoms. The van der Waals surface area contributed by atoms with Crippen LogP contribution < -0.4 is 5.32 Å². The third-order valence-corrected chi connectivity index (χ3v) is 4.92. The van der Waals surface area contributed by atoms with Gasteiger partial charge in [0.15, 0.2) is 0 Å². The van der Waals surface area contributed by atoms with Crippen LogP contribution in [0.3, 0.4) is 0 Å². The van der Waals surface area contributed by atoms with E-state index in [-0.39, 0.29) is 18.0 Å². The summed E-state index contributed by atoms with van der Waals surface area (Å²) in [5, 5.41) is 7.06. The molecule has 1 aliphatic carbocycles. The van der Waals surface area contributed by atoms with E-state index >= 15 is 0 Å². The molecule has 6 heteroatoms. The first-order chi connectivity index (χ1) is 12.6. The number of rotatable bonds is 6. The molecule has 6 nitrogen and oxygen atoms in total. The Balaban J connectivity index is 1.65. The summed E-state index contributed by atoms with van der Waals surface area (Å²) in [6, 6.07) is 6.08. The van der Waals surface area contributed by atoms with Crippen LogP contribution in [0.1, 0.15) is 68.9 Å². The molecule has 1 fully saturated rings. The lowest BCUT2D eigenvalue weighted by Crippen LogP contribution is -2.46. The number of urea groups is 1. The number of pyridine rings is 1. The number of hydrogen-bond donors (Lipinski definition) is 1. The maximum absolute atomic E-state index is 12.9. The van der Waals surface area contributed by atoms with E-state index in [9.17, 15) is 4.79 Å². The summed E-state index contributed by atoms with van der Waals surface area (Å²) in [6.07, 6.45) is 9.34. The van der Waals surface area contributed by atoms with E-state index in [2.05, 4.69) is 29.3 Å². The second kappa shape index (κ2) is 8.83. The van der Waals surface area contributed by atoms with E-state index in [1.807, 2.05) is 29.3 Å². The Morgan fingerprint density at radius 1 is 1.35 bits per heavy atom. The standard InChI is InChI=1S/C20H28N4O2/c1-15(2)19-11-17(23-26-19)13-22-20(25)24(18-8-4-3-5-9-18)14-16-7-6-10-21-12-16/h6-7,10-12,15,18H,3-5,8-9,13-14H2,1-2H3,(H,22,25). The molecular formula is C20H28N4O2. The molecule has 2 aromatic heterocycles. The average molecular weight is 356 g/mol. The summed E-state index contributed by atoms with van der Waals surface area (Å²) in [5.74, 6) is 1.13. The predicted molar refractivity (Wildman–Crippen MR) is 99.5 cm³/mol. The second-order valence-electron chi connectivity index (χ2n) is 7.32. The minimum absolute atomic E-state index is 0.0464. The Hall–Kier alpha value is -2.37. The third kappa shape index (κ3) is 4.84. The summed E-state index contributed by atoms with van der Waals surface area (Å²) in [6.45, 7) is 5.08. The zero-order chi connectivity index (χ0) is 18.4. The number of nitrogens with zero attached hydrogens (tertiary/aromatic N) is 3. The van der Waals surface area contributed by atoms with Crippen LogP contribution in [-0.4, -0.2) is 27.1 Å². The number of hydrogen-bond acceptors (Lipinski definition) is 4. The number of aromatic nitrogens is 2. The molecule has 2 aromatic rings. The molecule has 1 aliphatic rings. The van der Waals surface area contributed by atoms with Crippen molar-refractivity contribution in [1.82, 2.24) is 20.4 Å². The molecule has 1 saturated carbocycles. The van der Waals surface area contributed by atoms with Crippen LogP contribution >= 0.6 is 0 Å². The summed E-state index contributed by atoms with van der Waals surface area (Å²) >= 11 is 0. The van der Waals surface area contributed by atoms with Crippen molar-refractivity contribution < 1.29 is 9.32 Å². The van der Waals surface area contributed by atoms with Gasteiger partial charge in [0.2, 0.25) is 0 Å². The number of carbonyl (C=O) groups excluding carboxylic acids is 1. The monoisotopic (exact) mass is 356 g/mol. The Bertz CT molecular complexity index is 693. The second-order valence-corrected chi connectivity index (χ2v) is 7.32. The molecule has 1 N–H and O–H groups in total. The van der Waals surface area contributed by atoms with Crippen LogP contribution in [-0.2, 0) is 13.1 Å². The summed E-state index contributed by atoms with van der Waals surface area (Å²) in [4.78, 5) is 19.0. The third-order valence-electron chi connectivity index (χ3n) is 4.92. The maximum atomic E-state index is 12.9. The first kappa shape index (κ1) is 18.4. The smallest absolute Gasteiger partial charge is 0.318 e. The SMILES string of the molecule is CC(C)c1cc(CNC(=O)N(Cc2cccnc2)C2CCCCC2)no1. The summed E-state index contributed by atoms with van der Waals surface area (Å²) in [5.41, 5.74) is 1.81. The van der Waals surface area contributed by atoms with Gasteiger partial charge in [0, 0.05) is 37.0 Å². The minimum atomic E-state index is -0.0464. The molecule has 0 atom stereocenters. The van der Waals surface area contributed by atoms with E-state index < -0.39 is 0 Å². The molecule has 0 bridgehead atoms. The molecule has 140 valence electrons. The van der Waals surface area contributed by atoms with Crippen molar-refractivity contribution in [2.45, 2.75) is 71.0 Å². The molecule has 2 amide bonds. The van der Waals surface area contributed by atoms with Gasteiger partial charge in [-0.15, -0.1) is 0 Å². The zero-order valence-electron chi connectivity index (χ0n) is 15.6. The van der Waals surface area contributed by atoms with Gasteiger partial charge in [-0.3, -0.25) is 4.98 Å². The highest BCUT2D eigenvalue weighted by atomic mass is 16.5. The van der Waals surface area contributed by atoms with Gasteiger partial charge >= 0.3 is 6.03 Å². The minimum Gasteiger partial charge on any atom is -0.361 e. The van der Waals surface area contributed by atoms with Crippen molar-refractivity contribution in [2.75, 3.05) is 0 Å². The van der Waals surface area contributed by atoms with Gasteiger partial charge < -0.3 is 14.7 Å². The normalized spacial score (nSPS) is 15.2. The van der Waals surface area contributed by atoms with Gasteiger partial charge in [-0.25, -0.2) is 4.79 Å². The van der Waals surface area contributed by atoms with Gasteiger partial charge in [-0.1, -0.05) is 44.3 Å². The van der Waals surface area contributed by atoms with Gasteiger partial charge in [-0.05, 0) is 24.5 Å². The topological polar surface area (TPSA) is 71.3 Å². The Morgan fingerprint density at radius 2 is 2.15 bits per heavy atom. The van der Waals surface area contributed by atoms with E-state index in [1.165, 1.54) is 19.3 Å². The first-order valence-corrected chi connectivity index (χ1v) is 9.52. The fraction of sp³-hybridized carbons (Fsp3) is 0.550. The van der Waals surface area contributed by atoms with Crippen molar-refractivity contribution in [1.29, 1.82) is 0 Å². The maximum Gasteiger partial charge on any atom is 0.318 e. The molecule has 2 heterocycles. The van der Waals surface area contributed by atoms with Crippen LogP contribution in [0.15, 0.2) is 35.1 Å². The highest BCUT2D eigenvalue weighted by Crippen LogP contribution is 2.24. The molecule has 0 unspecified atom stereocenters. The largest absolute Gasteiger partial charge is 0.361 e. The van der Waals surface area contributed by atoms with Crippen molar-refractivity contribution >= 4 is 6.03 Å². The lowest BCUT2D eigenvalue weighted by molar-refractivity contribution is 0.150. The van der Waals surface area contributed by atoms with Crippen LogP contribution in [0.4, 0.5) is 4.79 Å². The molecule has 0 aromatic carbocycles. The number of nitrogens with one attached hydrogen (secondary N) is 1. The lowest BCUT2D eigenvalue weighted by Gasteiger charge is -2.34. The molecule has 0 aliphatic heterocycles. The van der Waals surface area contributed by atoms with Crippen LogP contribution in [0, 0.1) is 0 Å². The Labute approximate surface area is 155 Å². The van der Waals surface area contributed by atoms with Gasteiger partial charge in [-0.2, -0.15) is 0 Å². The van der Waals surface area contributed by atoms with Crippen molar-refractivity contribution in [3.05, 3.63) is 47.6 Å². The van der Waals surface area contributed by atoms with Crippen molar-refractivity contribution in [3.8, 4) is 0 Å². The van der Waals surface area contributed by atoms with Gasteiger partial charge in [0.25, 0.3) is 0 Å². The quantitative estimate of drug-likeness (QED) is 0.840. The number of amides is 2. The highest BCUT2D eigenvalue weighted by Gasteiger charge is 2.25. The Morgan fingerprint density at radius 3 is 2.81 bits per heavy atom.